The van der Waals surface area contributed by atoms with Crippen LogP contribution in [0.15, 0.2) is 33.5 Å². The molecule has 1 amide bonds. The first-order chi connectivity index (χ1) is 15.5. The lowest BCUT2D eigenvalue weighted by atomic mass is 9.88. The van der Waals surface area contributed by atoms with Crippen molar-refractivity contribution >= 4 is 22.8 Å². The first kappa shape index (κ1) is 24.6. The Labute approximate surface area is 187 Å². The van der Waals surface area contributed by atoms with Crippen molar-refractivity contribution in [1.82, 2.24) is 5.32 Å². The summed E-state index contributed by atoms with van der Waals surface area (Å²) in [5, 5.41) is 53.0. The van der Waals surface area contributed by atoms with Gasteiger partial charge in [0.2, 0.25) is 5.91 Å². The van der Waals surface area contributed by atoms with E-state index in [-0.39, 0.29) is 11.3 Å². The molecule has 0 radical (unpaired) electrons. The molecule has 0 aliphatic carbocycles. The fourth-order valence-corrected chi connectivity index (χ4v) is 3.79. The van der Waals surface area contributed by atoms with E-state index in [4.69, 9.17) is 13.9 Å². The number of aryl methyl sites for hydroxylation is 1. The van der Waals surface area contributed by atoms with Crippen molar-refractivity contribution in [3.05, 3.63) is 40.2 Å². The van der Waals surface area contributed by atoms with E-state index in [2.05, 4.69) is 5.32 Å². The average molecular weight is 467 g/mol. The van der Waals surface area contributed by atoms with Crippen molar-refractivity contribution in [2.45, 2.75) is 56.5 Å². The third kappa shape index (κ3) is 4.99. The number of hydrogen-bond donors (Lipinski definition) is 6. The Kier molecular flexibility index (Phi) is 7.05. The number of aliphatic carboxylic acids is 1. The molecule has 3 rings (SSSR count). The molecule has 12 heteroatoms. The van der Waals surface area contributed by atoms with Gasteiger partial charge in [-0.3, -0.25) is 4.79 Å². The number of benzene rings is 1. The molecule has 2 heterocycles. The Hall–Kier alpha value is -3.03. The monoisotopic (exact) mass is 467 g/mol. The largest absolute Gasteiger partial charge is 0.476 e. The number of fused-ring (bicyclic) bond motifs is 1. The Balaban J connectivity index is 2.01. The van der Waals surface area contributed by atoms with Crippen molar-refractivity contribution in [3.63, 3.8) is 0 Å². The summed E-state index contributed by atoms with van der Waals surface area (Å²) >= 11 is 0. The van der Waals surface area contributed by atoms with Gasteiger partial charge >= 0.3 is 17.4 Å². The second-order valence-electron chi connectivity index (χ2n) is 7.89. The third-order valence-corrected chi connectivity index (χ3v) is 5.39. The summed E-state index contributed by atoms with van der Waals surface area (Å²) in [5.74, 6) is -4.90. The highest BCUT2D eigenvalue weighted by molar-refractivity contribution is 5.82. The molecular weight excluding hydrogens is 442 g/mol. The summed E-state index contributed by atoms with van der Waals surface area (Å²) in [6.45, 7) is 1.94. The molecule has 12 nitrogen and oxygen atoms in total. The number of carboxylic acid groups (broad SMARTS) is 1. The molecule has 33 heavy (non-hydrogen) atoms. The minimum Gasteiger partial charge on any atom is -0.476 e. The minimum absolute atomic E-state index is 0.0835. The standard InChI is InChI=1S/C21H25NO11/c1-9-5-16(27)31-15-6-11(3-4-12(9)15)32-21(20(29)30)7-13(25)17(22-10(2)24)19(33-21)18(28)14(26)8-23/h3-6,13-14,17-19,23,25-26,28H,7-8H2,1-2H3,(H,22,24)(H,29,30)/t13-,14?,17+,18?,19+,21+/m0/s1. The second kappa shape index (κ2) is 9.45. The zero-order valence-electron chi connectivity index (χ0n) is 17.8. The average Bonchev–Trinajstić information content (AvgIpc) is 2.73. The summed E-state index contributed by atoms with van der Waals surface area (Å²) in [5.41, 5.74) is 0.135. The summed E-state index contributed by atoms with van der Waals surface area (Å²) < 4.78 is 16.3. The number of hydrogen-bond acceptors (Lipinski definition) is 10. The molecular formula is C21H25NO11. The van der Waals surface area contributed by atoms with Crippen LogP contribution in [-0.4, -0.2) is 80.3 Å². The van der Waals surface area contributed by atoms with Gasteiger partial charge in [-0.2, -0.15) is 0 Å². The van der Waals surface area contributed by atoms with Crippen LogP contribution >= 0.6 is 0 Å². The van der Waals surface area contributed by atoms with Gasteiger partial charge in [0, 0.05) is 24.4 Å². The van der Waals surface area contributed by atoms with Crippen LogP contribution in [0.25, 0.3) is 11.0 Å². The molecule has 0 spiro atoms. The maximum Gasteiger partial charge on any atom is 0.377 e. The number of rotatable bonds is 7. The minimum atomic E-state index is -2.55. The van der Waals surface area contributed by atoms with Gasteiger partial charge in [-0.15, -0.1) is 0 Å². The maximum atomic E-state index is 12.2. The summed E-state index contributed by atoms with van der Waals surface area (Å²) in [6.07, 6.45) is -7.56. The third-order valence-electron chi connectivity index (χ3n) is 5.39. The molecule has 1 fully saturated rings. The summed E-state index contributed by atoms with van der Waals surface area (Å²) in [4.78, 5) is 35.5. The lowest BCUT2D eigenvalue weighted by Crippen LogP contribution is -2.68. The Morgan fingerprint density at radius 1 is 1.30 bits per heavy atom. The van der Waals surface area contributed by atoms with Crippen LogP contribution in [0.4, 0.5) is 0 Å². The number of ether oxygens (including phenoxy) is 2. The first-order valence-corrected chi connectivity index (χ1v) is 10.0. The number of carbonyl (C=O) groups excluding carboxylic acids is 1. The predicted octanol–water partition coefficient (Wildman–Crippen LogP) is -1.37. The molecule has 1 aliphatic heterocycles. The normalized spacial score (nSPS) is 27.0. The number of aliphatic hydroxyl groups is 4. The van der Waals surface area contributed by atoms with E-state index in [9.17, 15) is 39.9 Å². The highest BCUT2D eigenvalue weighted by atomic mass is 16.7. The zero-order chi connectivity index (χ0) is 24.5. The number of carbonyl (C=O) groups is 2. The highest BCUT2D eigenvalue weighted by Crippen LogP contribution is 2.35. The van der Waals surface area contributed by atoms with Gasteiger partial charge in [0.15, 0.2) is 0 Å². The van der Waals surface area contributed by atoms with Gasteiger partial charge in [-0.1, -0.05) is 0 Å². The lowest BCUT2D eigenvalue weighted by Gasteiger charge is -2.46. The molecule has 1 aromatic heterocycles. The molecule has 1 saturated heterocycles. The van der Waals surface area contributed by atoms with Crippen LogP contribution in [0.2, 0.25) is 0 Å². The van der Waals surface area contributed by atoms with Crippen molar-refractivity contribution in [3.8, 4) is 5.75 Å². The van der Waals surface area contributed by atoms with Crippen LogP contribution in [0.5, 0.6) is 5.75 Å². The SMILES string of the molecule is CC(=O)N[C@@H]1[C@@H](O)C[C@](Oc2ccc3c(C)cc(=O)oc3c2)(C(=O)O)O[C@H]1C(O)C(O)CO. The Morgan fingerprint density at radius 3 is 2.61 bits per heavy atom. The van der Waals surface area contributed by atoms with Crippen molar-refractivity contribution in [1.29, 1.82) is 0 Å². The van der Waals surface area contributed by atoms with Crippen molar-refractivity contribution in [2.24, 2.45) is 0 Å². The van der Waals surface area contributed by atoms with E-state index in [0.717, 1.165) is 6.92 Å². The van der Waals surface area contributed by atoms with E-state index >= 15 is 0 Å². The molecule has 6 N–H and O–H groups in total. The van der Waals surface area contributed by atoms with Crippen LogP contribution in [-0.2, 0) is 14.3 Å². The molecule has 6 atom stereocenters. The molecule has 0 bridgehead atoms. The second-order valence-corrected chi connectivity index (χ2v) is 7.89. The molecule has 2 unspecified atom stereocenters. The molecule has 0 saturated carbocycles. The van der Waals surface area contributed by atoms with Crippen LogP contribution in [0.1, 0.15) is 18.9 Å². The van der Waals surface area contributed by atoms with Crippen molar-refractivity contribution < 1.29 is 49.0 Å². The van der Waals surface area contributed by atoms with Crippen LogP contribution in [0, 0.1) is 6.92 Å². The quantitative estimate of drug-likeness (QED) is 0.263. The number of carboxylic acids is 1. The van der Waals surface area contributed by atoms with E-state index in [1.807, 2.05) is 0 Å². The maximum absolute atomic E-state index is 12.2. The van der Waals surface area contributed by atoms with Gasteiger partial charge in [0.25, 0.3) is 0 Å². The molecule has 2 aromatic rings. The lowest BCUT2D eigenvalue weighted by molar-refractivity contribution is -0.284. The van der Waals surface area contributed by atoms with E-state index in [1.54, 1.807) is 13.0 Å². The first-order valence-electron chi connectivity index (χ1n) is 10.0. The summed E-state index contributed by atoms with van der Waals surface area (Å²) in [7, 11) is 0. The predicted molar refractivity (Wildman–Crippen MR) is 110 cm³/mol. The topological polar surface area (TPSA) is 196 Å². The van der Waals surface area contributed by atoms with Gasteiger partial charge in [-0.05, 0) is 24.6 Å². The number of aliphatic hydroxyl groups excluding tert-OH is 4. The van der Waals surface area contributed by atoms with Gasteiger partial charge in [-0.25, -0.2) is 9.59 Å². The van der Waals surface area contributed by atoms with E-state index in [0.29, 0.717) is 10.9 Å². The van der Waals surface area contributed by atoms with Gasteiger partial charge < -0.3 is 44.7 Å². The smallest absolute Gasteiger partial charge is 0.377 e. The molecule has 1 aromatic carbocycles. The van der Waals surface area contributed by atoms with Gasteiger partial charge in [0.05, 0.1) is 25.2 Å². The van der Waals surface area contributed by atoms with Gasteiger partial charge in [0.1, 0.15) is 29.6 Å². The molecule has 180 valence electrons. The number of amides is 1. The summed E-state index contributed by atoms with van der Waals surface area (Å²) in [6, 6.07) is 4.21. The molecule has 1 aliphatic rings. The Morgan fingerprint density at radius 2 is 2.00 bits per heavy atom. The van der Waals surface area contributed by atoms with Crippen LogP contribution < -0.4 is 15.7 Å². The Bertz CT molecular complexity index is 1100. The fourth-order valence-electron chi connectivity index (χ4n) is 3.79. The van der Waals surface area contributed by atoms with Crippen LogP contribution in [0.3, 0.4) is 0 Å². The van der Waals surface area contributed by atoms with E-state index < -0.39 is 66.8 Å². The zero-order valence-corrected chi connectivity index (χ0v) is 17.8. The van der Waals surface area contributed by atoms with E-state index in [1.165, 1.54) is 18.2 Å². The van der Waals surface area contributed by atoms with Crippen molar-refractivity contribution in [2.75, 3.05) is 6.61 Å². The fraction of sp³-hybridized carbons (Fsp3) is 0.476. The highest BCUT2D eigenvalue weighted by Gasteiger charge is 2.56. The number of nitrogens with one attached hydrogen (secondary N) is 1.